The third kappa shape index (κ3) is 8.82. The van der Waals surface area contributed by atoms with Gasteiger partial charge in [0.1, 0.15) is 0 Å². The maximum atomic E-state index is 2.77. The van der Waals surface area contributed by atoms with Crippen LogP contribution in [-0.4, -0.2) is 35.0 Å². The van der Waals surface area contributed by atoms with Gasteiger partial charge < -0.3 is 0 Å². The number of rotatable bonds is 13. The molecule has 2 heteroatoms. The highest BCUT2D eigenvalue weighted by Crippen LogP contribution is 2.26. The van der Waals surface area contributed by atoms with Gasteiger partial charge in [-0.05, 0) is 19.4 Å². The lowest BCUT2D eigenvalue weighted by molar-refractivity contribution is 0.190. The summed E-state index contributed by atoms with van der Waals surface area (Å²) in [5, 5.41) is 0.839. The molecule has 132 valence electrons. The van der Waals surface area contributed by atoms with E-state index >= 15 is 0 Å². The van der Waals surface area contributed by atoms with Gasteiger partial charge >= 0.3 is 0 Å². The van der Waals surface area contributed by atoms with Gasteiger partial charge in [0.15, 0.2) is 0 Å². The van der Waals surface area contributed by atoms with Gasteiger partial charge in [-0.3, -0.25) is 4.90 Å². The average molecular weight is 328 g/mol. The van der Waals surface area contributed by atoms with Gasteiger partial charge in [0.05, 0.1) is 0 Å². The van der Waals surface area contributed by atoms with E-state index in [1.807, 2.05) is 0 Å². The molecule has 0 radical (unpaired) electrons. The van der Waals surface area contributed by atoms with Gasteiger partial charge in [0, 0.05) is 23.6 Å². The van der Waals surface area contributed by atoms with Gasteiger partial charge in [0.25, 0.3) is 0 Å². The quantitative estimate of drug-likeness (QED) is 0.355. The Labute approximate surface area is 145 Å². The zero-order chi connectivity index (χ0) is 16.0. The molecule has 1 heterocycles. The van der Waals surface area contributed by atoms with Crippen molar-refractivity contribution in [3.05, 3.63) is 0 Å². The van der Waals surface area contributed by atoms with Crippen molar-refractivity contribution >= 4 is 11.8 Å². The highest BCUT2D eigenvalue weighted by atomic mass is 32.2. The Morgan fingerprint density at radius 3 is 1.91 bits per heavy atom. The van der Waals surface area contributed by atoms with Crippen LogP contribution in [0, 0.1) is 0 Å². The maximum Gasteiger partial charge on any atom is 0.0209 e. The van der Waals surface area contributed by atoms with E-state index in [4.69, 9.17) is 0 Å². The maximum absolute atomic E-state index is 2.77. The zero-order valence-corrected chi connectivity index (χ0v) is 16.4. The second-order valence-corrected chi connectivity index (χ2v) is 8.61. The van der Waals surface area contributed by atoms with E-state index in [0.717, 1.165) is 11.3 Å². The van der Waals surface area contributed by atoms with Crippen LogP contribution in [0.1, 0.15) is 97.8 Å². The van der Waals surface area contributed by atoms with Crippen molar-refractivity contribution < 1.29 is 0 Å². The molecule has 1 aliphatic rings. The minimum atomic E-state index is 0.835. The van der Waals surface area contributed by atoms with Crippen LogP contribution in [0.3, 0.4) is 0 Å². The Hall–Kier alpha value is 0.310. The normalized spacial score (nSPS) is 23.0. The second-order valence-electron chi connectivity index (χ2n) is 7.12. The average Bonchev–Trinajstić information content (AvgIpc) is 2.52. The number of unbranched alkanes of at least 4 members (excludes halogenated alkanes) is 10. The van der Waals surface area contributed by atoms with Crippen LogP contribution in [0.25, 0.3) is 0 Å². The summed E-state index contributed by atoms with van der Waals surface area (Å²) in [5.74, 6) is 1.34. The topological polar surface area (TPSA) is 3.24 Å². The third-order valence-corrected chi connectivity index (χ3v) is 6.50. The Balaban J connectivity index is 1.90. The lowest BCUT2D eigenvalue weighted by Gasteiger charge is -2.39. The predicted octanol–water partition coefficient (Wildman–Crippen LogP) is 6.51. The lowest BCUT2D eigenvalue weighted by Crippen LogP contribution is -2.46. The van der Waals surface area contributed by atoms with Crippen LogP contribution < -0.4 is 0 Å². The predicted molar refractivity (Wildman–Crippen MR) is 104 cm³/mol. The van der Waals surface area contributed by atoms with E-state index in [1.165, 1.54) is 95.9 Å². The first kappa shape index (κ1) is 20.4. The van der Waals surface area contributed by atoms with E-state index in [0.29, 0.717) is 0 Å². The van der Waals surface area contributed by atoms with Crippen molar-refractivity contribution in [3.8, 4) is 0 Å². The third-order valence-electron chi connectivity index (χ3n) is 5.24. The molecule has 0 aliphatic carbocycles. The van der Waals surface area contributed by atoms with Crippen molar-refractivity contribution in [1.29, 1.82) is 0 Å². The van der Waals surface area contributed by atoms with Crippen LogP contribution in [0.5, 0.6) is 0 Å². The lowest BCUT2D eigenvalue weighted by atomic mass is 10.1. The summed E-state index contributed by atoms with van der Waals surface area (Å²) in [6.45, 7) is 9.75. The van der Waals surface area contributed by atoms with Crippen LogP contribution in [-0.2, 0) is 0 Å². The van der Waals surface area contributed by atoms with E-state index in [1.54, 1.807) is 0 Å². The van der Waals surface area contributed by atoms with Gasteiger partial charge in [-0.2, -0.15) is 11.8 Å². The molecule has 22 heavy (non-hydrogen) atoms. The summed E-state index contributed by atoms with van der Waals surface area (Å²) < 4.78 is 0. The van der Waals surface area contributed by atoms with Gasteiger partial charge in [-0.1, -0.05) is 85.0 Å². The van der Waals surface area contributed by atoms with Crippen LogP contribution in [0.4, 0.5) is 0 Å². The Morgan fingerprint density at radius 1 is 0.818 bits per heavy atom. The Kier molecular flexibility index (Phi) is 12.7. The summed E-state index contributed by atoms with van der Waals surface area (Å²) in [6, 6.07) is 0.835. The summed E-state index contributed by atoms with van der Waals surface area (Å²) in [6.07, 6.45) is 17.3. The molecular formula is C20H41NS. The molecule has 0 spiro atoms. The molecule has 0 aromatic rings. The molecule has 1 rings (SSSR count). The fourth-order valence-electron chi connectivity index (χ4n) is 3.78. The van der Waals surface area contributed by atoms with E-state index in [9.17, 15) is 0 Å². The van der Waals surface area contributed by atoms with Gasteiger partial charge in [-0.15, -0.1) is 0 Å². The monoisotopic (exact) mass is 327 g/mol. The Bertz CT molecular complexity index is 244. The molecule has 1 fully saturated rings. The smallest absolute Gasteiger partial charge is 0.0209 e. The standard InChI is InChI=1S/C20H41NS/c1-4-6-7-8-9-10-11-12-13-14-15-16-21-17-18-22-19(3)20(21)5-2/h19-20H,4-18H2,1-3H3. The van der Waals surface area contributed by atoms with E-state index in [-0.39, 0.29) is 0 Å². The molecule has 1 aliphatic heterocycles. The fraction of sp³-hybridized carbons (Fsp3) is 1.00. The number of hydrogen-bond donors (Lipinski definition) is 0. The molecule has 2 atom stereocenters. The molecule has 0 aromatic heterocycles. The van der Waals surface area contributed by atoms with Crippen molar-refractivity contribution in [3.63, 3.8) is 0 Å². The molecule has 0 aromatic carbocycles. The first-order chi connectivity index (χ1) is 10.8. The summed E-state index contributed by atoms with van der Waals surface area (Å²) in [4.78, 5) is 2.77. The number of nitrogens with zero attached hydrogens (tertiary/aromatic N) is 1. The SMILES string of the molecule is CCCCCCCCCCCCCN1CCSC(C)C1CC. The van der Waals surface area contributed by atoms with Crippen molar-refractivity contribution in [1.82, 2.24) is 4.90 Å². The first-order valence-corrected chi connectivity index (χ1v) is 11.2. The molecule has 0 bridgehead atoms. The van der Waals surface area contributed by atoms with E-state index < -0.39 is 0 Å². The van der Waals surface area contributed by atoms with Gasteiger partial charge in [0.2, 0.25) is 0 Å². The summed E-state index contributed by atoms with van der Waals surface area (Å²) in [7, 11) is 0. The van der Waals surface area contributed by atoms with Crippen molar-refractivity contribution in [2.24, 2.45) is 0 Å². The van der Waals surface area contributed by atoms with Crippen molar-refractivity contribution in [2.45, 2.75) is 109 Å². The molecular weight excluding hydrogens is 286 g/mol. The van der Waals surface area contributed by atoms with Crippen LogP contribution in [0.2, 0.25) is 0 Å². The van der Waals surface area contributed by atoms with Crippen LogP contribution in [0.15, 0.2) is 0 Å². The van der Waals surface area contributed by atoms with E-state index in [2.05, 4.69) is 37.4 Å². The molecule has 1 saturated heterocycles. The van der Waals surface area contributed by atoms with Gasteiger partial charge in [-0.25, -0.2) is 0 Å². The largest absolute Gasteiger partial charge is 0.298 e. The molecule has 0 saturated carbocycles. The highest BCUT2D eigenvalue weighted by Gasteiger charge is 2.26. The zero-order valence-electron chi connectivity index (χ0n) is 15.6. The minimum absolute atomic E-state index is 0.835. The second kappa shape index (κ2) is 13.7. The molecule has 1 nitrogen and oxygen atoms in total. The van der Waals surface area contributed by atoms with Crippen molar-refractivity contribution in [2.75, 3.05) is 18.8 Å². The highest BCUT2D eigenvalue weighted by molar-refractivity contribution is 8.00. The number of hydrogen-bond acceptors (Lipinski definition) is 2. The molecule has 2 unspecified atom stereocenters. The summed E-state index contributed by atoms with van der Waals surface area (Å²) in [5.41, 5.74) is 0. The molecule has 0 N–H and O–H groups in total. The first-order valence-electron chi connectivity index (χ1n) is 10.1. The summed E-state index contributed by atoms with van der Waals surface area (Å²) >= 11 is 2.17. The van der Waals surface area contributed by atoms with Crippen LogP contribution >= 0.6 is 11.8 Å². The fourth-order valence-corrected chi connectivity index (χ4v) is 5.07. The number of thioether (sulfide) groups is 1. The minimum Gasteiger partial charge on any atom is -0.298 e. The Morgan fingerprint density at radius 2 is 1.36 bits per heavy atom. The molecule has 0 amide bonds.